The van der Waals surface area contributed by atoms with Gasteiger partial charge >= 0.3 is 0 Å². The molecule has 0 unspecified atom stereocenters. The van der Waals surface area contributed by atoms with Gasteiger partial charge in [0.05, 0.1) is 16.3 Å². The smallest absolute Gasteiger partial charge is 0.261 e. The van der Waals surface area contributed by atoms with Gasteiger partial charge in [0.15, 0.2) is 0 Å². The molecule has 1 N–H and O–H groups in total. The molecule has 0 fully saturated rings. The first kappa shape index (κ1) is 19.8. The molecule has 4 rings (SSSR count). The van der Waals surface area contributed by atoms with E-state index in [-0.39, 0.29) is 10.7 Å². The lowest BCUT2D eigenvalue weighted by molar-refractivity contribution is 0.601. The molecule has 0 bridgehead atoms. The van der Waals surface area contributed by atoms with Crippen molar-refractivity contribution in [3.63, 3.8) is 0 Å². The second-order valence-corrected chi connectivity index (χ2v) is 9.58. The molecule has 0 radical (unpaired) electrons. The molecule has 8 heteroatoms. The Morgan fingerprint density at radius 2 is 1.55 bits per heavy atom. The zero-order valence-electron chi connectivity index (χ0n) is 14.8. The van der Waals surface area contributed by atoms with Crippen molar-refractivity contribution in [1.29, 1.82) is 0 Å². The van der Waals surface area contributed by atoms with E-state index in [1.165, 1.54) is 29.5 Å². The van der Waals surface area contributed by atoms with Crippen molar-refractivity contribution in [3.8, 4) is 21.8 Å². The van der Waals surface area contributed by atoms with Crippen LogP contribution in [0.5, 0.6) is 0 Å². The zero-order chi connectivity index (χ0) is 20.4. The lowest BCUT2D eigenvalue weighted by atomic mass is 10.1. The van der Waals surface area contributed by atoms with E-state index in [1.54, 1.807) is 60.0 Å². The summed E-state index contributed by atoms with van der Waals surface area (Å²) in [6.45, 7) is 0. The number of anilines is 1. The monoisotopic (exact) mass is 488 g/mol. The van der Waals surface area contributed by atoms with Crippen LogP contribution >= 0.6 is 27.3 Å². The van der Waals surface area contributed by atoms with Crippen LogP contribution in [0.15, 0.2) is 87.5 Å². The number of benzene rings is 3. The predicted octanol–water partition coefficient (Wildman–Crippen LogP) is 6.18. The van der Waals surface area contributed by atoms with Crippen LogP contribution in [0.25, 0.3) is 21.8 Å². The molecule has 1 aromatic heterocycles. The van der Waals surface area contributed by atoms with Gasteiger partial charge in [-0.3, -0.25) is 4.72 Å². The first-order chi connectivity index (χ1) is 13.9. The topological polar surface area (TPSA) is 59.1 Å². The lowest BCUT2D eigenvalue weighted by Gasteiger charge is -2.11. The van der Waals surface area contributed by atoms with E-state index in [1.807, 2.05) is 0 Å². The molecular weight excluding hydrogens is 475 g/mol. The summed E-state index contributed by atoms with van der Waals surface area (Å²) in [5.41, 5.74) is 2.01. The Balaban J connectivity index is 1.69. The van der Waals surface area contributed by atoms with Crippen molar-refractivity contribution in [1.82, 2.24) is 4.98 Å². The molecule has 4 nitrogen and oxygen atoms in total. The van der Waals surface area contributed by atoms with Gasteiger partial charge in [-0.2, -0.15) is 0 Å². The normalized spacial score (nSPS) is 11.4. The zero-order valence-corrected chi connectivity index (χ0v) is 18.1. The molecule has 1 heterocycles. The first-order valence-electron chi connectivity index (χ1n) is 8.52. The van der Waals surface area contributed by atoms with E-state index < -0.39 is 10.0 Å². The van der Waals surface area contributed by atoms with E-state index >= 15 is 0 Å². The summed E-state index contributed by atoms with van der Waals surface area (Å²) in [6.07, 6.45) is 0. The maximum Gasteiger partial charge on any atom is 0.261 e. The molecule has 0 amide bonds. The van der Waals surface area contributed by atoms with Crippen LogP contribution in [-0.2, 0) is 10.0 Å². The molecular formula is C21H14BrFN2O2S2. The average molecular weight is 489 g/mol. The molecule has 3 aromatic carbocycles. The second kappa shape index (κ2) is 8.06. The van der Waals surface area contributed by atoms with Crippen molar-refractivity contribution in [2.45, 2.75) is 4.90 Å². The van der Waals surface area contributed by atoms with Crippen LogP contribution < -0.4 is 4.72 Å². The number of aromatic nitrogens is 1. The summed E-state index contributed by atoms with van der Waals surface area (Å²) in [5.74, 6) is -0.349. The van der Waals surface area contributed by atoms with Crippen molar-refractivity contribution >= 4 is 43.0 Å². The molecule has 4 aromatic rings. The van der Waals surface area contributed by atoms with Crippen LogP contribution in [0.1, 0.15) is 0 Å². The number of halogens is 2. The molecule has 0 atom stereocenters. The van der Waals surface area contributed by atoms with Gasteiger partial charge in [-0.05, 0) is 42.5 Å². The summed E-state index contributed by atoms with van der Waals surface area (Å²) in [7, 11) is -3.77. The van der Waals surface area contributed by atoms with Gasteiger partial charge in [-0.1, -0.05) is 46.3 Å². The number of sulfonamides is 1. The minimum atomic E-state index is -3.77. The molecule has 0 spiro atoms. The van der Waals surface area contributed by atoms with Gasteiger partial charge in [-0.25, -0.2) is 17.8 Å². The SMILES string of the molecule is O=S(=O)(Nc1ccccc1-c1csc(-c2ccccc2F)n1)c1ccc(Br)cc1. The fraction of sp³-hybridized carbons (Fsp3) is 0. The number of hydrogen-bond acceptors (Lipinski definition) is 4. The fourth-order valence-corrected chi connectivity index (χ4v) is 4.96. The Labute approximate surface area is 180 Å². The highest BCUT2D eigenvalue weighted by molar-refractivity contribution is 9.10. The third-order valence-corrected chi connectivity index (χ3v) is 6.97. The van der Waals surface area contributed by atoms with Crippen molar-refractivity contribution in [2.75, 3.05) is 4.72 Å². The Bertz CT molecular complexity index is 1270. The Morgan fingerprint density at radius 1 is 0.897 bits per heavy atom. The van der Waals surface area contributed by atoms with Crippen LogP contribution in [0.4, 0.5) is 10.1 Å². The van der Waals surface area contributed by atoms with E-state index in [0.29, 0.717) is 27.5 Å². The summed E-state index contributed by atoms with van der Waals surface area (Å²) < 4.78 is 43.0. The summed E-state index contributed by atoms with van der Waals surface area (Å²) in [4.78, 5) is 4.68. The molecule has 29 heavy (non-hydrogen) atoms. The predicted molar refractivity (Wildman–Crippen MR) is 118 cm³/mol. The Kier molecular flexibility index (Phi) is 5.49. The quantitative estimate of drug-likeness (QED) is 0.364. The molecule has 0 saturated heterocycles. The van der Waals surface area contributed by atoms with Crippen LogP contribution in [0, 0.1) is 5.82 Å². The molecule has 146 valence electrons. The lowest BCUT2D eigenvalue weighted by Crippen LogP contribution is -2.13. The van der Waals surface area contributed by atoms with Gasteiger partial charge in [0.25, 0.3) is 10.0 Å². The van der Waals surface area contributed by atoms with Gasteiger partial charge in [0.2, 0.25) is 0 Å². The number of hydrogen-bond donors (Lipinski definition) is 1. The Morgan fingerprint density at radius 3 is 2.28 bits per heavy atom. The molecule has 0 aliphatic rings. The summed E-state index contributed by atoms with van der Waals surface area (Å²) in [6, 6.07) is 19.8. The number of para-hydroxylation sites is 1. The van der Waals surface area contributed by atoms with E-state index in [0.717, 1.165) is 4.47 Å². The maximum absolute atomic E-state index is 14.1. The van der Waals surface area contributed by atoms with E-state index in [9.17, 15) is 12.8 Å². The number of nitrogens with zero attached hydrogens (tertiary/aromatic N) is 1. The third-order valence-electron chi connectivity index (χ3n) is 4.18. The van der Waals surface area contributed by atoms with Crippen molar-refractivity contribution < 1.29 is 12.8 Å². The van der Waals surface area contributed by atoms with E-state index in [4.69, 9.17) is 0 Å². The minimum Gasteiger partial charge on any atom is -0.279 e. The summed E-state index contributed by atoms with van der Waals surface area (Å²) >= 11 is 4.60. The highest BCUT2D eigenvalue weighted by Crippen LogP contribution is 2.34. The standard InChI is InChI=1S/C21H14BrFN2O2S2/c22-14-9-11-15(12-10-14)29(26,27)25-19-8-4-2-6-17(19)20-13-28-21(24-20)16-5-1-3-7-18(16)23/h1-13,25H. The molecule has 0 saturated carbocycles. The Hall–Kier alpha value is -2.55. The van der Waals surface area contributed by atoms with Gasteiger partial charge < -0.3 is 0 Å². The van der Waals surface area contributed by atoms with Crippen molar-refractivity contribution in [2.24, 2.45) is 0 Å². The fourth-order valence-electron chi connectivity index (χ4n) is 2.77. The molecule has 0 aliphatic heterocycles. The van der Waals surface area contributed by atoms with Crippen molar-refractivity contribution in [3.05, 3.63) is 88.5 Å². The number of rotatable bonds is 5. The maximum atomic E-state index is 14.1. The van der Waals surface area contributed by atoms with E-state index in [2.05, 4.69) is 25.6 Å². The molecule has 0 aliphatic carbocycles. The van der Waals surface area contributed by atoms with Crippen LogP contribution in [0.2, 0.25) is 0 Å². The van der Waals surface area contributed by atoms with Gasteiger partial charge in [-0.15, -0.1) is 11.3 Å². The van der Waals surface area contributed by atoms with Gasteiger partial charge in [0.1, 0.15) is 10.8 Å². The van der Waals surface area contributed by atoms with Crippen LogP contribution in [0.3, 0.4) is 0 Å². The first-order valence-corrected chi connectivity index (χ1v) is 11.7. The highest BCUT2D eigenvalue weighted by Gasteiger charge is 2.18. The largest absolute Gasteiger partial charge is 0.279 e. The number of thiazole rings is 1. The third kappa shape index (κ3) is 4.24. The minimum absolute atomic E-state index is 0.154. The summed E-state index contributed by atoms with van der Waals surface area (Å²) in [5, 5.41) is 2.32. The average Bonchev–Trinajstić information content (AvgIpc) is 3.18. The van der Waals surface area contributed by atoms with Gasteiger partial charge in [0, 0.05) is 21.0 Å². The van der Waals surface area contributed by atoms with Crippen LogP contribution in [-0.4, -0.2) is 13.4 Å². The number of nitrogens with one attached hydrogen (secondary N) is 1. The highest BCUT2D eigenvalue weighted by atomic mass is 79.9. The second-order valence-electron chi connectivity index (χ2n) is 6.12.